The number of halogens is 1. The molecule has 0 saturated carbocycles. The van der Waals surface area contributed by atoms with Crippen LogP contribution >= 0.6 is 11.6 Å². The number of carbonyl (C=O) groups is 1. The summed E-state index contributed by atoms with van der Waals surface area (Å²) in [6, 6.07) is 19.2. The van der Waals surface area contributed by atoms with Crippen LogP contribution in [0.25, 0.3) is 0 Å². The monoisotopic (exact) mass is 390 g/mol. The van der Waals surface area contributed by atoms with Crippen molar-refractivity contribution in [3.8, 4) is 0 Å². The Morgan fingerprint density at radius 2 is 1.71 bits per heavy atom. The fourth-order valence-corrected chi connectivity index (χ4v) is 4.48. The van der Waals surface area contributed by atoms with Crippen molar-refractivity contribution in [1.29, 1.82) is 0 Å². The number of nitrogens with one attached hydrogen (secondary N) is 2. The number of fused-ring (bicyclic) bond motifs is 1. The van der Waals surface area contributed by atoms with Crippen molar-refractivity contribution in [2.24, 2.45) is 0 Å². The van der Waals surface area contributed by atoms with Crippen LogP contribution in [-0.4, -0.2) is 5.78 Å². The third kappa shape index (κ3) is 2.90. The summed E-state index contributed by atoms with van der Waals surface area (Å²) in [6.45, 7) is 0. The van der Waals surface area contributed by atoms with Gasteiger partial charge in [-0.3, -0.25) is 4.79 Å². The van der Waals surface area contributed by atoms with E-state index in [1.54, 1.807) is 6.26 Å². The second-order valence-electron chi connectivity index (χ2n) is 7.21. The number of para-hydroxylation sites is 2. The lowest BCUT2D eigenvalue weighted by molar-refractivity contribution is -0.116. The molecule has 140 valence electrons. The summed E-state index contributed by atoms with van der Waals surface area (Å²) < 4.78 is 5.67. The Hall–Kier alpha value is -2.98. The van der Waals surface area contributed by atoms with Crippen molar-refractivity contribution in [3.05, 3.63) is 94.5 Å². The molecule has 0 amide bonds. The molecule has 1 aliphatic heterocycles. The first kappa shape index (κ1) is 17.1. The minimum Gasteiger partial charge on any atom is -0.467 e. The Morgan fingerprint density at radius 3 is 2.50 bits per heavy atom. The number of ketones is 1. The van der Waals surface area contributed by atoms with Crippen molar-refractivity contribution in [2.75, 3.05) is 10.6 Å². The third-order valence-electron chi connectivity index (χ3n) is 5.48. The van der Waals surface area contributed by atoms with Gasteiger partial charge < -0.3 is 15.1 Å². The molecule has 0 unspecified atom stereocenters. The second-order valence-corrected chi connectivity index (χ2v) is 7.61. The molecule has 2 aliphatic rings. The van der Waals surface area contributed by atoms with E-state index in [0.717, 1.165) is 40.4 Å². The predicted octanol–water partition coefficient (Wildman–Crippen LogP) is 5.91. The normalized spacial score (nSPS) is 21.2. The summed E-state index contributed by atoms with van der Waals surface area (Å²) in [5, 5.41) is 7.72. The van der Waals surface area contributed by atoms with Gasteiger partial charge in [-0.1, -0.05) is 41.9 Å². The fraction of sp³-hybridized carbons (Fsp3) is 0.174. The fourth-order valence-electron chi connectivity index (χ4n) is 4.19. The first-order valence-electron chi connectivity index (χ1n) is 9.37. The van der Waals surface area contributed by atoms with Gasteiger partial charge in [0.15, 0.2) is 5.78 Å². The van der Waals surface area contributed by atoms with Crippen LogP contribution in [0.1, 0.15) is 36.1 Å². The Bertz CT molecular complexity index is 1070. The molecule has 4 nitrogen and oxygen atoms in total. The van der Waals surface area contributed by atoms with Crippen molar-refractivity contribution >= 4 is 28.8 Å². The molecule has 0 bridgehead atoms. The lowest BCUT2D eigenvalue weighted by atomic mass is 9.79. The van der Waals surface area contributed by atoms with Crippen molar-refractivity contribution < 1.29 is 9.21 Å². The smallest absolute Gasteiger partial charge is 0.163 e. The third-order valence-corrected chi connectivity index (χ3v) is 5.83. The van der Waals surface area contributed by atoms with Crippen LogP contribution in [0.5, 0.6) is 0 Å². The van der Waals surface area contributed by atoms with Crippen LogP contribution in [0, 0.1) is 0 Å². The summed E-state index contributed by atoms with van der Waals surface area (Å²) in [5.41, 5.74) is 4.59. The average Bonchev–Trinajstić information content (AvgIpc) is 3.17. The highest BCUT2D eigenvalue weighted by molar-refractivity contribution is 6.31. The van der Waals surface area contributed by atoms with Crippen LogP contribution in [0.4, 0.5) is 11.4 Å². The zero-order valence-electron chi connectivity index (χ0n) is 15.1. The van der Waals surface area contributed by atoms with Gasteiger partial charge in [0.1, 0.15) is 11.8 Å². The van der Waals surface area contributed by atoms with Crippen LogP contribution < -0.4 is 10.6 Å². The molecular formula is C23H19ClN2O2. The largest absolute Gasteiger partial charge is 0.467 e. The van der Waals surface area contributed by atoms with E-state index in [-0.39, 0.29) is 17.7 Å². The van der Waals surface area contributed by atoms with E-state index in [4.69, 9.17) is 16.0 Å². The number of benzene rings is 2. The van der Waals surface area contributed by atoms with Gasteiger partial charge >= 0.3 is 0 Å². The van der Waals surface area contributed by atoms with E-state index in [2.05, 4.69) is 10.6 Å². The molecular weight excluding hydrogens is 372 g/mol. The number of hydrogen-bond donors (Lipinski definition) is 2. The first-order valence-corrected chi connectivity index (χ1v) is 9.75. The molecule has 5 heteroatoms. The summed E-state index contributed by atoms with van der Waals surface area (Å²) in [7, 11) is 0. The molecule has 2 aromatic carbocycles. The van der Waals surface area contributed by atoms with Gasteiger partial charge in [0.2, 0.25) is 0 Å². The topological polar surface area (TPSA) is 54.3 Å². The van der Waals surface area contributed by atoms with Gasteiger partial charge in [-0.2, -0.15) is 0 Å². The SMILES string of the molecule is O=C1C[C@@H](c2ccccc2Cl)CC2=C1[C@@H](c1ccco1)Nc1ccccc1N2. The van der Waals surface area contributed by atoms with Crippen molar-refractivity contribution in [1.82, 2.24) is 0 Å². The van der Waals surface area contributed by atoms with Gasteiger partial charge in [0.05, 0.1) is 17.6 Å². The number of carbonyl (C=O) groups excluding carboxylic acids is 1. The maximum atomic E-state index is 13.3. The number of rotatable bonds is 2. The molecule has 5 rings (SSSR count). The van der Waals surface area contributed by atoms with Gasteiger partial charge in [0, 0.05) is 22.7 Å². The molecule has 2 N–H and O–H groups in total. The van der Waals surface area contributed by atoms with E-state index < -0.39 is 0 Å². The van der Waals surface area contributed by atoms with Crippen LogP contribution in [0.15, 0.2) is 82.6 Å². The zero-order chi connectivity index (χ0) is 19.1. The maximum Gasteiger partial charge on any atom is 0.163 e. The minimum atomic E-state index is -0.319. The van der Waals surface area contributed by atoms with Gasteiger partial charge in [-0.05, 0) is 48.2 Å². The van der Waals surface area contributed by atoms with E-state index in [0.29, 0.717) is 11.4 Å². The Morgan fingerprint density at radius 1 is 0.929 bits per heavy atom. The summed E-state index contributed by atoms with van der Waals surface area (Å²) in [6.07, 6.45) is 2.79. The predicted molar refractivity (Wildman–Crippen MR) is 111 cm³/mol. The number of allylic oxidation sites excluding steroid dienone is 1. The molecule has 0 fully saturated rings. The summed E-state index contributed by atoms with van der Waals surface area (Å²) in [5.74, 6) is 0.894. The van der Waals surface area contributed by atoms with Crippen LogP contribution in [-0.2, 0) is 4.79 Å². The lowest BCUT2D eigenvalue weighted by Crippen LogP contribution is -2.26. The Balaban J connectivity index is 1.62. The second kappa shape index (κ2) is 6.88. The van der Waals surface area contributed by atoms with Gasteiger partial charge in [0.25, 0.3) is 0 Å². The first-order chi connectivity index (χ1) is 13.7. The Kier molecular flexibility index (Phi) is 4.21. The number of Topliss-reactive ketones (excluding diaryl/α,β-unsaturated/α-hetero) is 1. The molecule has 0 spiro atoms. The van der Waals surface area contributed by atoms with Gasteiger partial charge in [-0.15, -0.1) is 0 Å². The quantitative estimate of drug-likeness (QED) is 0.570. The molecule has 1 aromatic heterocycles. The highest BCUT2D eigenvalue weighted by Gasteiger charge is 2.37. The lowest BCUT2D eigenvalue weighted by Gasteiger charge is -2.29. The molecule has 2 heterocycles. The molecule has 0 saturated heterocycles. The summed E-state index contributed by atoms with van der Waals surface area (Å²) >= 11 is 6.43. The Labute approximate surface area is 168 Å². The highest BCUT2D eigenvalue weighted by atomic mass is 35.5. The van der Waals surface area contributed by atoms with E-state index in [1.807, 2.05) is 60.7 Å². The number of hydrogen-bond acceptors (Lipinski definition) is 4. The number of anilines is 2. The maximum absolute atomic E-state index is 13.3. The number of furan rings is 1. The van der Waals surface area contributed by atoms with E-state index >= 15 is 0 Å². The summed E-state index contributed by atoms with van der Waals surface area (Å²) in [4.78, 5) is 13.3. The zero-order valence-corrected chi connectivity index (χ0v) is 15.9. The van der Waals surface area contributed by atoms with Crippen LogP contribution in [0.3, 0.4) is 0 Å². The van der Waals surface area contributed by atoms with Crippen molar-refractivity contribution in [3.63, 3.8) is 0 Å². The molecule has 3 aromatic rings. The molecule has 1 aliphatic carbocycles. The molecule has 28 heavy (non-hydrogen) atoms. The highest BCUT2D eigenvalue weighted by Crippen LogP contribution is 2.45. The van der Waals surface area contributed by atoms with E-state index in [9.17, 15) is 4.79 Å². The van der Waals surface area contributed by atoms with Gasteiger partial charge in [-0.25, -0.2) is 0 Å². The minimum absolute atomic E-state index is 0.0509. The van der Waals surface area contributed by atoms with Crippen molar-refractivity contribution in [2.45, 2.75) is 24.8 Å². The van der Waals surface area contributed by atoms with E-state index in [1.165, 1.54) is 0 Å². The molecule has 2 atom stereocenters. The molecule has 0 radical (unpaired) electrons. The average molecular weight is 391 g/mol. The van der Waals surface area contributed by atoms with Crippen LogP contribution in [0.2, 0.25) is 5.02 Å². The standard InChI is InChI=1S/C23H19ClN2O2/c24-16-7-2-1-6-15(16)14-12-19-22(20(27)13-14)23(21-10-5-11-28-21)26-18-9-4-3-8-17(18)25-19/h1-11,14,23,25-26H,12-13H2/t14-,23+/m0/s1.